The van der Waals surface area contributed by atoms with Crippen molar-refractivity contribution in [3.63, 3.8) is 0 Å². The largest absolute Gasteiger partial charge is 0.505 e. The fraction of sp³-hybridized carbons (Fsp3) is 0.200. The van der Waals surface area contributed by atoms with E-state index in [1.54, 1.807) is 12.1 Å². The summed E-state index contributed by atoms with van der Waals surface area (Å²) in [6, 6.07) is 10.4. The molecular formula is C20H18Cl2N6O. The lowest BCUT2D eigenvalue weighted by atomic mass is 9.87. The molecule has 2 heterocycles. The van der Waals surface area contributed by atoms with Gasteiger partial charge in [0.05, 0.1) is 21.4 Å². The zero-order valence-electron chi connectivity index (χ0n) is 16.0. The third kappa shape index (κ3) is 3.59. The first kappa shape index (κ1) is 19.4. The van der Waals surface area contributed by atoms with Crippen LogP contribution in [0.15, 0.2) is 46.5 Å². The number of aromatic nitrogens is 3. The van der Waals surface area contributed by atoms with Crippen LogP contribution in [-0.2, 0) is 0 Å². The molecule has 0 atom stereocenters. The van der Waals surface area contributed by atoms with E-state index in [2.05, 4.69) is 15.2 Å². The van der Waals surface area contributed by atoms with Gasteiger partial charge in [-0.3, -0.25) is 0 Å². The molecule has 2 aromatic carbocycles. The van der Waals surface area contributed by atoms with Crippen LogP contribution in [0, 0.1) is 5.41 Å². The summed E-state index contributed by atoms with van der Waals surface area (Å²) in [5.41, 5.74) is 8.74. The number of phenolic OH excluding ortho intramolecular Hbond substituents is 1. The van der Waals surface area contributed by atoms with Gasteiger partial charge in [-0.1, -0.05) is 44.0 Å². The van der Waals surface area contributed by atoms with Gasteiger partial charge in [0.25, 0.3) is 0 Å². The predicted molar refractivity (Wildman–Crippen MR) is 116 cm³/mol. The second kappa shape index (κ2) is 6.86. The van der Waals surface area contributed by atoms with Gasteiger partial charge >= 0.3 is 0 Å². The van der Waals surface area contributed by atoms with Crippen LogP contribution in [0.4, 0.5) is 11.4 Å². The molecule has 0 radical (unpaired) electrons. The fourth-order valence-corrected chi connectivity index (χ4v) is 3.35. The molecule has 3 N–H and O–H groups in total. The van der Waals surface area contributed by atoms with Crippen molar-refractivity contribution in [1.82, 2.24) is 14.9 Å². The van der Waals surface area contributed by atoms with E-state index in [9.17, 15) is 5.11 Å². The molecule has 0 amide bonds. The molecule has 29 heavy (non-hydrogen) atoms. The van der Waals surface area contributed by atoms with E-state index in [0.29, 0.717) is 28.7 Å². The monoisotopic (exact) mass is 428 g/mol. The number of phenols is 1. The molecule has 1 aliphatic rings. The summed E-state index contributed by atoms with van der Waals surface area (Å²) in [5.74, 6) is 0.857. The Hall–Kier alpha value is -2.90. The third-order valence-corrected chi connectivity index (χ3v) is 4.92. The average molecular weight is 429 g/mol. The van der Waals surface area contributed by atoms with E-state index in [0.717, 1.165) is 11.3 Å². The number of fused-ring (bicyclic) bond motifs is 1. The topological polar surface area (TPSA) is 102 Å². The molecule has 0 unspecified atom stereocenters. The van der Waals surface area contributed by atoms with E-state index >= 15 is 0 Å². The lowest BCUT2D eigenvalue weighted by Crippen LogP contribution is -2.27. The summed E-state index contributed by atoms with van der Waals surface area (Å²) >= 11 is 12.1. The third-order valence-electron chi connectivity index (χ3n) is 4.34. The molecule has 9 heteroatoms. The Labute approximate surface area is 177 Å². The predicted octanol–water partition coefficient (Wildman–Crippen LogP) is 4.92. The molecule has 0 saturated carbocycles. The maximum absolute atomic E-state index is 9.81. The van der Waals surface area contributed by atoms with E-state index in [1.165, 1.54) is 16.9 Å². The second-order valence-corrected chi connectivity index (χ2v) is 8.50. The zero-order chi connectivity index (χ0) is 20.9. The molecular weight excluding hydrogens is 411 g/mol. The number of anilines is 1. The van der Waals surface area contributed by atoms with E-state index < -0.39 is 0 Å². The van der Waals surface area contributed by atoms with Crippen molar-refractivity contribution in [2.75, 3.05) is 5.73 Å². The van der Waals surface area contributed by atoms with Crippen molar-refractivity contribution in [2.24, 2.45) is 15.5 Å². The van der Waals surface area contributed by atoms with Crippen LogP contribution in [0.2, 0.25) is 10.0 Å². The lowest BCUT2D eigenvalue weighted by Gasteiger charge is -2.18. The Morgan fingerprint density at radius 3 is 2.28 bits per heavy atom. The maximum atomic E-state index is 9.81. The van der Waals surface area contributed by atoms with Crippen molar-refractivity contribution in [3.8, 4) is 17.1 Å². The molecule has 1 aromatic heterocycles. The quantitative estimate of drug-likeness (QED) is 0.565. The van der Waals surface area contributed by atoms with Crippen LogP contribution in [0.5, 0.6) is 5.75 Å². The van der Waals surface area contributed by atoms with Gasteiger partial charge in [-0.15, -0.1) is 9.89 Å². The SMILES string of the molecule is CC(C)(C)C1=Nn2nc(-c3ccc(N)cc3)nc2/C1=N\c1cc(Cl)c(O)c(Cl)c1. The highest BCUT2D eigenvalue weighted by Gasteiger charge is 2.35. The molecule has 0 bridgehead atoms. The molecule has 7 nitrogen and oxygen atoms in total. The van der Waals surface area contributed by atoms with E-state index in [-0.39, 0.29) is 21.2 Å². The number of nitrogen functional groups attached to an aromatic ring is 1. The standard InChI is InChI=1S/C20H18Cl2N6O/c1-20(2,3)17-15(24-12-8-13(21)16(29)14(22)9-12)19-25-18(27-28(19)26-17)10-4-6-11(23)7-5-10/h4-9,29H,23H2,1-3H3/b24-15-. The van der Waals surface area contributed by atoms with Gasteiger partial charge in [-0.25, -0.2) is 9.98 Å². The number of aromatic hydroxyl groups is 1. The Morgan fingerprint density at radius 1 is 1.07 bits per heavy atom. The van der Waals surface area contributed by atoms with Gasteiger partial charge in [0.15, 0.2) is 11.6 Å². The first-order chi connectivity index (χ1) is 13.6. The maximum Gasteiger partial charge on any atom is 0.204 e. The van der Waals surface area contributed by atoms with E-state index in [1.807, 2.05) is 32.9 Å². The highest BCUT2D eigenvalue weighted by atomic mass is 35.5. The number of hydrogen-bond donors (Lipinski definition) is 2. The second-order valence-electron chi connectivity index (χ2n) is 7.69. The normalized spacial score (nSPS) is 14.9. The van der Waals surface area contributed by atoms with Crippen molar-refractivity contribution >= 4 is 46.0 Å². The number of rotatable bonds is 2. The van der Waals surface area contributed by atoms with Gasteiger partial charge in [-0.2, -0.15) is 5.10 Å². The van der Waals surface area contributed by atoms with E-state index in [4.69, 9.17) is 33.9 Å². The van der Waals surface area contributed by atoms with Crippen molar-refractivity contribution in [1.29, 1.82) is 0 Å². The first-order valence-electron chi connectivity index (χ1n) is 8.83. The van der Waals surface area contributed by atoms with Crippen molar-refractivity contribution in [2.45, 2.75) is 20.8 Å². The number of nitrogens with two attached hydrogens (primary N) is 1. The number of halogens is 2. The molecule has 0 saturated heterocycles. The van der Waals surface area contributed by atoms with Crippen molar-refractivity contribution in [3.05, 3.63) is 52.3 Å². The number of hydrogen-bond acceptors (Lipinski definition) is 6. The highest BCUT2D eigenvalue weighted by molar-refractivity contribution is 6.50. The Balaban J connectivity index is 1.85. The zero-order valence-corrected chi connectivity index (χ0v) is 17.5. The number of aliphatic imine (C=N–C) groups is 1. The smallest absolute Gasteiger partial charge is 0.204 e. The van der Waals surface area contributed by atoms with Crippen molar-refractivity contribution < 1.29 is 5.11 Å². The molecule has 4 rings (SSSR count). The van der Waals surface area contributed by atoms with Gasteiger partial charge in [0, 0.05) is 16.7 Å². The van der Waals surface area contributed by atoms with Gasteiger partial charge in [0.1, 0.15) is 5.71 Å². The summed E-state index contributed by atoms with van der Waals surface area (Å²) in [5, 5.41) is 19.2. The minimum atomic E-state index is -0.299. The lowest BCUT2D eigenvalue weighted by molar-refractivity contribution is 0.476. The minimum absolute atomic E-state index is 0.119. The molecule has 0 aliphatic carbocycles. The summed E-state index contributed by atoms with van der Waals surface area (Å²) in [6.07, 6.45) is 0. The molecule has 1 aliphatic heterocycles. The van der Waals surface area contributed by atoms with Crippen LogP contribution >= 0.6 is 23.2 Å². The molecule has 148 valence electrons. The summed E-state index contributed by atoms with van der Waals surface area (Å²) < 4.78 is 0. The first-order valence-corrected chi connectivity index (χ1v) is 9.59. The number of benzene rings is 2. The van der Waals surface area contributed by atoms with Crippen LogP contribution < -0.4 is 5.73 Å². The molecule has 3 aromatic rings. The average Bonchev–Trinajstić information content (AvgIpc) is 3.19. The summed E-state index contributed by atoms with van der Waals surface area (Å²) in [4.78, 5) is 10.8. The Bertz CT molecular complexity index is 1150. The Kier molecular flexibility index (Phi) is 4.59. The summed E-state index contributed by atoms with van der Waals surface area (Å²) in [7, 11) is 0. The molecule has 0 fully saturated rings. The van der Waals surface area contributed by atoms with Crippen LogP contribution in [0.3, 0.4) is 0 Å². The van der Waals surface area contributed by atoms with Crippen LogP contribution in [0.25, 0.3) is 11.4 Å². The minimum Gasteiger partial charge on any atom is -0.505 e. The van der Waals surface area contributed by atoms with Gasteiger partial charge in [-0.05, 0) is 36.4 Å². The van der Waals surface area contributed by atoms with Gasteiger partial charge < -0.3 is 10.8 Å². The highest BCUT2D eigenvalue weighted by Crippen LogP contribution is 2.37. The van der Waals surface area contributed by atoms with Crippen LogP contribution in [-0.4, -0.2) is 31.4 Å². The van der Waals surface area contributed by atoms with Gasteiger partial charge in [0.2, 0.25) is 5.82 Å². The summed E-state index contributed by atoms with van der Waals surface area (Å²) in [6.45, 7) is 6.10. The number of nitrogens with zero attached hydrogens (tertiary/aromatic N) is 5. The Morgan fingerprint density at radius 2 is 1.69 bits per heavy atom. The van der Waals surface area contributed by atoms with Crippen LogP contribution in [0.1, 0.15) is 26.6 Å². The molecule has 0 spiro atoms. The fourth-order valence-electron chi connectivity index (χ4n) is 2.88.